The maximum atomic E-state index is 10.1. The van der Waals surface area contributed by atoms with E-state index < -0.39 is 0 Å². The van der Waals surface area contributed by atoms with Crippen LogP contribution in [-0.4, -0.2) is 11.7 Å². The van der Waals surface area contributed by atoms with Crippen LogP contribution in [0.1, 0.15) is 61.7 Å². The molecule has 0 aromatic carbocycles. The molecular weight excluding hydrogens is 250 g/mol. The summed E-state index contributed by atoms with van der Waals surface area (Å²) in [5.41, 5.74) is 1.36. The molecule has 0 spiro atoms. The topological polar surface area (TPSA) is 45.4 Å². The van der Waals surface area contributed by atoms with E-state index in [9.17, 15) is 5.11 Å². The lowest BCUT2D eigenvalue weighted by Crippen LogP contribution is -2.48. The van der Waals surface area contributed by atoms with Gasteiger partial charge in [0.05, 0.1) is 12.6 Å². The van der Waals surface area contributed by atoms with Gasteiger partial charge < -0.3 is 14.8 Å². The Morgan fingerprint density at radius 3 is 2.35 bits per heavy atom. The van der Waals surface area contributed by atoms with Gasteiger partial charge in [0.2, 0.25) is 0 Å². The average molecular weight is 273 g/mol. The van der Waals surface area contributed by atoms with Crippen LogP contribution in [0.5, 0.6) is 0 Å². The Balaban J connectivity index is 1.56. The Bertz CT molecular complexity index is 512. The van der Waals surface area contributed by atoms with Gasteiger partial charge >= 0.3 is 0 Å². The highest BCUT2D eigenvalue weighted by atomic mass is 16.3. The fraction of sp³-hybridized carbons (Fsp3) is 0.765. The number of aliphatic hydroxyl groups is 1. The molecule has 2 heterocycles. The maximum absolute atomic E-state index is 10.1. The van der Waals surface area contributed by atoms with Gasteiger partial charge in [0.1, 0.15) is 11.5 Å². The molecule has 20 heavy (non-hydrogen) atoms. The molecule has 3 nitrogen and oxygen atoms in total. The molecule has 0 saturated heterocycles. The molecule has 1 aliphatic heterocycles. The molecule has 4 fully saturated rings. The lowest BCUT2D eigenvalue weighted by Gasteiger charge is -2.55. The second kappa shape index (κ2) is 3.89. The zero-order valence-corrected chi connectivity index (χ0v) is 11.9. The van der Waals surface area contributed by atoms with Crippen LogP contribution in [-0.2, 0) is 12.0 Å². The van der Waals surface area contributed by atoms with Crippen LogP contribution in [0.4, 0.5) is 0 Å². The Morgan fingerprint density at radius 2 is 1.75 bits per heavy atom. The molecule has 2 N–H and O–H groups in total. The lowest BCUT2D eigenvalue weighted by molar-refractivity contribution is -0.0156. The number of hydrogen-bond donors (Lipinski definition) is 2. The fourth-order valence-corrected chi connectivity index (χ4v) is 5.97. The Morgan fingerprint density at radius 1 is 1.10 bits per heavy atom. The van der Waals surface area contributed by atoms with Gasteiger partial charge in [-0.2, -0.15) is 0 Å². The van der Waals surface area contributed by atoms with E-state index in [-0.39, 0.29) is 6.10 Å². The highest BCUT2D eigenvalue weighted by Crippen LogP contribution is 2.61. The van der Waals surface area contributed by atoms with Crippen LogP contribution >= 0.6 is 0 Å². The first-order valence-corrected chi connectivity index (χ1v) is 8.24. The summed E-state index contributed by atoms with van der Waals surface area (Å²) < 4.78 is 6.24. The molecule has 0 amide bonds. The lowest BCUT2D eigenvalue weighted by atomic mass is 9.49. The number of β-amino-alcohol motifs (C(OH)–C–C–N with tert-alkyl or cyclic N) is 1. The molecular formula is C17H23NO2. The second-order valence-electron chi connectivity index (χ2n) is 7.83. The number of hydrogen-bond acceptors (Lipinski definition) is 3. The predicted octanol–water partition coefficient (Wildman–Crippen LogP) is 2.88. The highest BCUT2D eigenvalue weighted by molar-refractivity contribution is 5.32. The van der Waals surface area contributed by atoms with E-state index in [2.05, 4.69) is 11.4 Å². The van der Waals surface area contributed by atoms with Gasteiger partial charge in [-0.25, -0.2) is 0 Å². The zero-order valence-electron chi connectivity index (χ0n) is 11.9. The van der Waals surface area contributed by atoms with E-state index in [1.807, 2.05) is 0 Å². The Labute approximate surface area is 119 Å². The molecule has 4 bridgehead atoms. The molecule has 108 valence electrons. The van der Waals surface area contributed by atoms with Gasteiger partial charge in [0.25, 0.3) is 0 Å². The van der Waals surface area contributed by atoms with Crippen LogP contribution in [0.3, 0.4) is 0 Å². The van der Waals surface area contributed by atoms with Crippen LogP contribution < -0.4 is 5.32 Å². The molecule has 4 aliphatic carbocycles. The average Bonchev–Trinajstić information content (AvgIpc) is 2.83. The normalized spacial score (nSPS) is 45.6. The second-order valence-corrected chi connectivity index (χ2v) is 7.83. The molecule has 1 unspecified atom stereocenters. The minimum Gasteiger partial charge on any atom is -0.464 e. The standard InChI is InChI=1S/C17H23NO2/c19-14-8-18-9-15-13(14)4-16(20-15)17-5-10-1-11(6-17)3-12(2-10)7-17/h4,10-12,14,18-19H,1-3,5-9H2. The van der Waals surface area contributed by atoms with Crippen molar-refractivity contribution in [1.29, 1.82) is 0 Å². The first kappa shape index (κ1) is 11.8. The van der Waals surface area contributed by atoms with E-state index in [0.717, 1.165) is 35.6 Å². The van der Waals surface area contributed by atoms with Crippen LogP contribution in [0.25, 0.3) is 0 Å². The smallest absolute Gasteiger partial charge is 0.123 e. The van der Waals surface area contributed by atoms with E-state index >= 15 is 0 Å². The molecule has 5 aliphatic rings. The van der Waals surface area contributed by atoms with Gasteiger partial charge in [-0.3, -0.25) is 0 Å². The summed E-state index contributed by atoms with van der Waals surface area (Å²) in [4.78, 5) is 0. The molecule has 1 aromatic rings. The van der Waals surface area contributed by atoms with E-state index in [0.29, 0.717) is 12.0 Å². The van der Waals surface area contributed by atoms with Crippen molar-refractivity contribution in [1.82, 2.24) is 5.32 Å². The van der Waals surface area contributed by atoms with E-state index in [4.69, 9.17) is 4.42 Å². The van der Waals surface area contributed by atoms with Crippen LogP contribution in [0.2, 0.25) is 0 Å². The third-order valence-corrected chi connectivity index (χ3v) is 6.38. The summed E-state index contributed by atoms with van der Waals surface area (Å²) in [6.45, 7) is 1.44. The predicted molar refractivity (Wildman–Crippen MR) is 75.2 cm³/mol. The fourth-order valence-electron chi connectivity index (χ4n) is 5.97. The minimum absolute atomic E-state index is 0.311. The summed E-state index contributed by atoms with van der Waals surface area (Å²) in [5, 5.41) is 13.4. The first-order valence-electron chi connectivity index (χ1n) is 8.24. The van der Waals surface area contributed by atoms with Crippen molar-refractivity contribution >= 4 is 0 Å². The number of rotatable bonds is 1. The van der Waals surface area contributed by atoms with Gasteiger partial charge in [0, 0.05) is 17.5 Å². The van der Waals surface area contributed by atoms with Gasteiger partial charge in [-0.1, -0.05) is 0 Å². The van der Waals surface area contributed by atoms with Gasteiger partial charge in [0.15, 0.2) is 0 Å². The van der Waals surface area contributed by atoms with Crippen LogP contribution in [0, 0.1) is 17.8 Å². The summed E-state index contributed by atoms with van der Waals surface area (Å²) in [5.74, 6) is 4.99. The third-order valence-electron chi connectivity index (χ3n) is 6.38. The summed E-state index contributed by atoms with van der Waals surface area (Å²) in [6.07, 6.45) is 7.99. The Hall–Kier alpha value is -0.800. The van der Waals surface area contributed by atoms with Crippen molar-refractivity contribution in [3.63, 3.8) is 0 Å². The van der Waals surface area contributed by atoms with Crippen molar-refractivity contribution in [2.75, 3.05) is 6.54 Å². The molecule has 0 radical (unpaired) electrons. The van der Waals surface area contributed by atoms with Gasteiger partial charge in [-0.05, 0) is 62.3 Å². The van der Waals surface area contributed by atoms with Crippen molar-refractivity contribution < 1.29 is 9.52 Å². The quantitative estimate of drug-likeness (QED) is 0.827. The molecule has 6 rings (SSSR count). The summed E-state index contributed by atoms with van der Waals surface area (Å²) in [7, 11) is 0. The van der Waals surface area contributed by atoms with Crippen molar-refractivity contribution in [2.45, 2.75) is 56.6 Å². The number of fused-ring (bicyclic) bond motifs is 1. The van der Waals surface area contributed by atoms with Crippen molar-refractivity contribution in [2.24, 2.45) is 17.8 Å². The first-order chi connectivity index (χ1) is 9.72. The van der Waals surface area contributed by atoms with Crippen molar-refractivity contribution in [3.05, 3.63) is 23.2 Å². The van der Waals surface area contributed by atoms with Gasteiger partial charge in [-0.15, -0.1) is 0 Å². The summed E-state index contributed by atoms with van der Waals surface area (Å²) in [6, 6.07) is 2.20. The third kappa shape index (κ3) is 1.54. The van der Waals surface area contributed by atoms with Crippen LogP contribution in [0.15, 0.2) is 10.5 Å². The molecule has 1 aromatic heterocycles. The minimum atomic E-state index is -0.384. The van der Waals surface area contributed by atoms with E-state index in [1.165, 1.54) is 44.3 Å². The summed E-state index contributed by atoms with van der Waals surface area (Å²) >= 11 is 0. The maximum Gasteiger partial charge on any atom is 0.123 e. The molecule has 3 heteroatoms. The molecule has 1 atom stereocenters. The number of aliphatic hydroxyl groups excluding tert-OH is 1. The van der Waals surface area contributed by atoms with E-state index in [1.54, 1.807) is 0 Å². The SMILES string of the molecule is OC1CNCc2oc(C34CC5CC(CC(C5)C3)C4)cc21. The number of furan rings is 1. The van der Waals surface area contributed by atoms with Crippen molar-refractivity contribution in [3.8, 4) is 0 Å². The largest absolute Gasteiger partial charge is 0.464 e. The molecule has 4 saturated carbocycles. The number of nitrogens with one attached hydrogen (secondary N) is 1. The zero-order chi connectivity index (χ0) is 13.3. The highest BCUT2D eigenvalue weighted by Gasteiger charge is 2.53. The monoisotopic (exact) mass is 273 g/mol. The Kier molecular flexibility index (Phi) is 2.30.